The highest BCUT2D eigenvalue weighted by Crippen LogP contribution is 2.01. The lowest BCUT2D eigenvalue weighted by Crippen LogP contribution is -2.33. The molecule has 0 aromatic rings. The van der Waals surface area contributed by atoms with Crippen LogP contribution in [0.5, 0.6) is 0 Å². The first-order valence-electron chi connectivity index (χ1n) is 5.88. The number of amides is 2. The lowest BCUT2D eigenvalue weighted by atomic mass is 10.1. The predicted molar refractivity (Wildman–Crippen MR) is 63.8 cm³/mol. The maximum Gasteiger partial charge on any atom is 0.220 e. The maximum absolute atomic E-state index is 11.3. The Hall–Kier alpha value is -1.10. The van der Waals surface area contributed by atoms with Gasteiger partial charge in [-0.05, 0) is 19.4 Å². The highest BCUT2D eigenvalue weighted by Gasteiger charge is 2.00. The van der Waals surface area contributed by atoms with E-state index in [1.165, 1.54) is 6.92 Å². The molecule has 2 amide bonds. The van der Waals surface area contributed by atoms with Crippen molar-refractivity contribution in [2.24, 2.45) is 5.73 Å². The Morgan fingerprint density at radius 1 is 1.00 bits per heavy atom. The molecule has 0 aliphatic rings. The molecule has 0 spiro atoms. The Morgan fingerprint density at radius 3 is 2.25 bits per heavy atom. The molecule has 16 heavy (non-hydrogen) atoms. The number of carbonyl (C=O) groups is 2. The van der Waals surface area contributed by atoms with Gasteiger partial charge in [0.25, 0.3) is 0 Å². The zero-order valence-electron chi connectivity index (χ0n) is 10.1. The summed E-state index contributed by atoms with van der Waals surface area (Å²) >= 11 is 0. The number of hydrogen-bond donors (Lipinski definition) is 3. The minimum absolute atomic E-state index is 0.0538. The molecule has 0 rings (SSSR count). The molecule has 5 nitrogen and oxygen atoms in total. The van der Waals surface area contributed by atoms with Gasteiger partial charge in [-0.1, -0.05) is 12.8 Å². The number of rotatable bonds is 9. The monoisotopic (exact) mass is 229 g/mol. The number of unbranched alkanes of at least 4 members (excludes halogenated alkanes) is 3. The van der Waals surface area contributed by atoms with Crippen molar-refractivity contribution in [2.75, 3.05) is 19.6 Å². The summed E-state index contributed by atoms with van der Waals surface area (Å²) in [4.78, 5) is 21.8. The van der Waals surface area contributed by atoms with Gasteiger partial charge in [-0.15, -0.1) is 0 Å². The Labute approximate surface area is 97.2 Å². The van der Waals surface area contributed by atoms with E-state index < -0.39 is 0 Å². The van der Waals surface area contributed by atoms with E-state index in [4.69, 9.17) is 5.73 Å². The summed E-state index contributed by atoms with van der Waals surface area (Å²) in [5.74, 6) is -0.0193. The standard InChI is InChI=1S/C11H23N3O2/c1-10(15)13-8-9-14-11(16)6-4-2-3-5-7-12/h2-9,12H2,1H3,(H,13,15)(H,14,16). The molecule has 0 radical (unpaired) electrons. The first kappa shape index (κ1) is 14.9. The Bertz CT molecular complexity index is 207. The van der Waals surface area contributed by atoms with Crippen LogP contribution >= 0.6 is 0 Å². The molecule has 5 heteroatoms. The zero-order valence-corrected chi connectivity index (χ0v) is 10.1. The molecular weight excluding hydrogens is 206 g/mol. The van der Waals surface area contributed by atoms with Gasteiger partial charge in [-0.2, -0.15) is 0 Å². The lowest BCUT2D eigenvalue weighted by Gasteiger charge is -2.05. The van der Waals surface area contributed by atoms with Crippen molar-refractivity contribution in [2.45, 2.75) is 39.0 Å². The van der Waals surface area contributed by atoms with Gasteiger partial charge in [0.15, 0.2) is 0 Å². The van der Waals surface area contributed by atoms with E-state index in [1.54, 1.807) is 0 Å². The van der Waals surface area contributed by atoms with Gasteiger partial charge in [-0.25, -0.2) is 0 Å². The second-order valence-corrected chi connectivity index (χ2v) is 3.79. The SMILES string of the molecule is CC(=O)NCCNC(=O)CCCCCCN. The van der Waals surface area contributed by atoms with Crippen molar-refractivity contribution in [1.82, 2.24) is 10.6 Å². The van der Waals surface area contributed by atoms with Crippen LogP contribution in [0.2, 0.25) is 0 Å². The van der Waals surface area contributed by atoms with Gasteiger partial charge < -0.3 is 16.4 Å². The van der Waals surface area contributed by atoms with E-state index in [0.717, 1.165) is 32.2 Å². The molecule has 0 aliphatic heterocycles. The minimum Gasteiger partial charge on any atom is -0.355 e. The third-order valence-electron chi connectivity index (χ3n) is 2.18. The van der Waals surface area contributed by atoms with Gasteiger partial charge >= 0.3 is 0 Å². The van der Waals surface area contributed by atoms with E-state index in [1.807, 2.05) is 0 Å². The van der Waals surface area contributed by atoms with Crippen LogP contribution in [0.15, 0.2) is 0 Å². The molecule has 0 aromatic heterocycles. The number of hydrogen-bond acceptors (Lipinski definition) is 3. The van der Waals surface area contributed by atoms with Crippen LogP contribution in [-0.4, -0.2) is 31.4 Å². The Kier molecular flexibility index (Phi) is 9.70. The van der Waals surface area contributed by atoms with Crippen molar-refractivity contribution < 1.29 is 9.59 Å². The largest absolute Gasteiger partial charge is 0.355 e. The van der Waals surface area contributed by atoms with Gasteiger partial charge in [-0.3, -0.25) is 9.59 Å². The van der Waals surface area contributed by atoms with Crippen molar-refractivity contribution in [3.63, 3.8) is 0 Å². The van der Waals surface area contributed by atoms with E-state index in [0.29, 0.717) is 19.5 Å². The normalized spacial score (nSPS) is 9.88. The topological polar surface area (TPSA) is 84.2 Å². The van der Waals surface area contributed by atoms with Crippen molar-refractivity contribution in [1.29, 1.82) is 0 Å². The molecule has 0 fully saturated rings. The first-order chi connectivity index (χ1) is 7.66. The third-order valence-corrected chi connectivity index (χ3v) is 2.18. The minimum atomic E-state index is -0.0731. The molecule has 0 saturated heterocycles. The van der Waals surface area contributed by atoms with Gasteiger partial charge in [0.1, 0.15) is 0 Å². The highest BCUT2D eigenvalue weighted by molar-refractivity contribution is 5.76. The van der Waals surface area contributed by atoms with Crippen LogP contribution in [-0.2, 0) is 9.59 Å². The van der Waals surface area contributed by atoms with Crippen LogP contribution in [0.3, 0.4) is 0 Å². The van der Waals surface area contributed by atoms with E-state index >= 15 is 0 Å². The molecule has 0 heterocycles. The summed E-state index contributed by atoms with van der Waals surface area (Å²) in [5.41, 5.74) is 5.36. The summed E-state index contributed by atoms with van der Waals surface area (Å²) in [6, 6.07) is 0. The number of nitrogens with two attached hydrogens (primary N) is 1. The second kappa shape index (κ2) is 10.4. The summed E-state index contributed by atoms with van der Waals surface area (Å²) < 4.78 is 0. The van der Waals surface area contributed by atoms with Crippen LogP contribution in [0.4, 0.5) is 0 Å². The van der Waals surface area contributed by atoms with Crippen molar-refractivity contribution >= 4 is 11.8 Å². The summed E-state index contributed by atoms with van der Waals surface area (Å²) in [7, 11) is 0. The highest BCUT2D eigenvalue weighted by atomic mass is 16.2. The fraction of sp³-hybridized carbons (Fsp3) is 0.818. The quantitative estimate of drug-likeness (QED) is 0.492. The van der Waals surface area contributed by atoms with E-state index in [9.17, 15) is 9.59 Å². The molecule has 4 N–H and O–H groups in total. The van der Waals surface area contributed by atoms with Crippen molar-refractivity contribution in [3.05, 3.63) is 0 Å². The fourth-order valence-corrected chi connectivity index (χ4v) is 1.31. The number of carbonyl (C=O) groups excluding carboxylic acids is 2. The van der Waals surface area contributed by atoms with Crippen molar-refractivity contribution in [3.8, 4) is 0 Å². The molecule has 0 atom stereocenters. The summed E-state index contributed by atoms with van der Waals surface area (Å²) in [6.45, 7) is 3.18. The van der Waals surface area contributed by atoms with Gasteiger partial charge in [0.05, 0.1) is 0 Å². The summed E-state index contributed by atoms with van der Waals surface area (Å²) in [5, 5.41) is 5.37. The molecule has 94 valence electrons. The smallest absolute Gasteiger partial charge is 0.220 e. The van der Waals surface area contributed by atoms with Crippen LogP contribution in [0.25, 0.3) is 0 Å². The third kappa shape index (κ3) is 11.0. The average molecular weight is 229 g/mol. The molecule has 0 unspecified atom stereocenters. The molecule has 0 bridgehead atoms. The molecule has 0 saturated carbocycles. The zero-order chi connectivity index (χ0) is 12.2. The second-order valence-electron chi connectivity index (χ2n) is 3.79. The maximum atomic E-state index is 11.3. The summed E-state index contributed by atoms with van der Waals surface area (Å²) in [6.07, 6.45) is 4.65. The lowest BCUT2D eigenvalue weighted by molar-refractivity contribution is -0.122. The van der Waals surface area contributed by atoms with Gasteiger partial charge in [0, 0.05) is 26.4 Å². The van der Waals surface area contributed by atoms with Crippen LogP contribution in [0.1, 0.15) is 39.0 Å². The first-order valence-corrected chi connectivity index (χ1v) is 5.88. The fourth-order valence-electron chi connectivity index (χ4n) is 1.31. The van der Waals surface area contributed by atoms with E-state index in [2.05, 4.69) is 10.6 Å². The predicted octanol–water partition coefficient (Wildman–Crippen LogP) is 0.148. The van der Waals surface area contributed by atoms with Gasteiger partial charge in [0.2, 0.25) is 11.8 Å². The number of nitrogens with one attached hydrogen (secondary N) is 2. The van der Waals surface area contributed by atoms with E-state index in [-0.39, 0.29) is 11.8 Å². The molecule has 0 aromatic carbocycles. The average Bonchev–Trinajstić information content (AvgIpc) is 2.24. The van der Waals surface area contributed by atoms with Crippen LogP contribution in [0, 0.1) is 0 Å². The Morgan fingerprint density at radius 2 is 1.62 bits per heavy atom. The molecule has 0 aliphatic carbocycles. The Balaban J connectivity index is 3.21. The molecular formula is C11H23N3O2. The van der Waals surface area contributed by atoms with Crippen LogP contribution < -0.4 is 16.4 Å².